The molecule has 1 aliphatic heterocycles. The van der Waals surface area contributed by atoms with Gasteiger partial charge in [0.1, 0.15) is 11.4 Å². The van der Waals surface area contributed by atoms with E-state index in [-0.39, 0.29) is 11.8 Å². The first-order chi connectivity index (χ1) is 14.1. The Hall–Kier alpha value is -3.08. The molecule has 0 atom stereocenters. The van der Waals surface area contributed by atoms with E-state index in [0.717, 1.165) is 30.5 Å². The molecular formula is C24H28N2O3. The van der Waals surface area contributed by atoms with Crippen LogP contribution in [-0.4, -0.2) is 36.9 Å². The van der Waals surface area contributed by atoms with Gasteiger partial charge in [0.05, 0.1) is 12.7 Å². The third-order valence-electron chi connectivity index (χ3n) is 5.16. The zero-order valence-corrected chi connectivity index (χ0v) is 17.4. The average molecular weight is 392 g/mol. The Kier molecular flexibility index (Phi) is 6.70. The molecule has 5 nitrogen and oxygen atoms in total. The van der Waals surface area contributed by atoms with Crippen LogP contribution in [0.2, 0.25) is 0 Å². The van der Waals surface area contributed by atoms with Crippen LogP contribution in [0, 0.1) is 0 Å². The van der Waals surface area contributed by atoms with Crippen molar-refractivity contribution in [2.45, 2.75) is 33.1 Å². The molecule has 1 aliphatic rings. The summed E-state index contributed by atoms with van der Waals surface area (Å²) in [4.78, 5) is 30.0. The van der Waals surface area contributed by atoms with Gasteiger partial charge in [0.15, 0.2) is 0 Å². The standard InChI is InChI=1S/C24H28N2O3/c1-4-6-10-17-26-23(27)21(18-13-15-20(29-3)16-14-18)22(24(26)28)25(5-2)19-11-8-7-9-12-19/h7-9,11-16H,4-6,10,17H2,1-3H3. The molecule has 0 radical (unpaired) electrons. The van der Waals surface area contributed by atoms with Gasteiger partial charge in [-0.1, -0.05) is 50.1 Å². The highest BCUT2D eigenvalue weighted by Crippen LogP contribution is 2.34. The predicted molar refractivity (Wildman–Crippen MR) is 116 cm³/mol. The Balaban J connectivity index is 2.08. The Bertz CT molecular complexity index is 888. The number of unbranched alkanes of at least 4 members (excludes halogenated alkanes) is 2. The first-order valence-corrected chi connectivity index (χ1v) is 10.2. The summed E-state index contributed by atoms with van der Waals surface area (Å²) < 4.78 is 5.24. The van der Waals surface area contributed by atoms with Crippen molar-refractivity contribution in [3.63, 3.8) is 0 Å². The van der Waals surface area contributed by atoms with Crippen LogP contribution in [0.3, 0.4) is 0 Å². The van der Waals surface area contributed by atoms with E-state index in [1.54, 1.807) is 7.11 Å². The number of hydrogen-bond acceptors (Lipinski definition) is 4. The second-order valence-corrected chi connectivity index (χ2v) is 7.00. The number of likely N-dealkylation sites (N-methyl/N-ethyl adjacent to an activating group) is 1. The van der Waals surface area contributed by atoms with Gasteiger partial charge < -0.3 is 9.64 Å². The first-order valence-electron chi connectivity index (χ1n) is 10.2. The van der Waals surface area contributed by atoms with E-state index < -0.39 is 0 Å². The molecule has 0 aliphatic carbocycles. The number of carbonyl (C=O) groups excluding carboxylic acids is 2. The van der Waals surface area contributed by atoms with Crippen molar-refractivity contribution >= 4 is 23.1 Å². The molecular weight excluding hydrogens is 364 g/mol. The lowest BCUT2D eigenvalue weighted by Crippen LogP contribution is -2.36. The van der Waals surface area contributed by atoms with Gasteiger partial charge >= 0.3 is 0 Å². The van der Waals surface area contributed by atoms with Crippen LogP contribution in [-0.2, 0) is 9.59 Å². The van der Waals surface area contributed by atoms with Crippen LogP contribution in [0.4, 0.5) is 5.69 Å². The van der Waals surface area contributed by atoms with E-state index in [2.05, 4.69) is 6.92 Å². The van der Waals surface area contributed by atoms with Gasteiger partial charge in [0.2, 0.25) is 0 Å². The number of benzene rings is 2. The molecule has 0 N–H and O–H groups in total. The monoisotopic (exact) mass is 392 g/mol. The van der Waals surface area contributed by atoms with E-state index in [4.69, 9.17) is 4.74 Å². The lowest BCUT2D eigenvalue weighted by molar-refractivity contribution is -0.137. The second-order valence-electron chi connectivity index (χ2n) is 7.00. The number of imide groups is 1. The summed E-state index contributed by atoms with van der Waals surface area (Å²) >= 11 is 0. The molecule has 0 saturated carbocycles. The zero-order valence-electron chi connectivity index (χ0n) is 17.4. The van der Waals surface area contributed by atoms with Crippen LogP contribution in [0.1, 0.15) is 38.7 Å². The zero-order chi connectivity index (χ0) is 20.8. The van der Waals surface area contributed by atoms with Gasteiger partial charge in [0, 0.05) is 18.8 Å². The molecule has 0 unspecified atom stereocenters. The molecule has 2 aromatic rings. The number of anilines is 1. The molecule has 5 heteroatoms. The molecule has 1 heterocycles. The van der Waals surface area contributed by atoms with Crippen molar-refractivity contribution in [1.82, 2.24) is 4.90 Å². The number of nitrogens with zero attached hydrogens (tertiary/aromatic N) is 2. The molecule has 0 aromatic heterocycles. The SMILES string of the molecule is CCCCCN1C(=O)C(c2ccc(OC)cc2)=C(N(CC)c2ccccc2)C1=O. The topological polar surface area (TPSA) is 49.9 Å². The Morgan fingerprint density at radius 1 is 0.897 bits per heavy atom. The van der Waals surface area contributed by atoms with Crippen molar-refractivity contribution < 1.29 is 14.3 Å². The van der Waals surface area contributed by atoms with Gasteiger partial charge in [-0.2, -0.15) is 0 Å². The number of rotatable bonds is 9. The first kappa shape index (κ1) is 20.6. The minimum atomic E-state index is -0.222. The van der Waals surface area contributed by atoms with Gasteiger partial charge in [-0.3, -0.25) is 14.5 Å². The minimum absolute atomic E-state index is 0.220. The number of amides is 2. The minimum Gasteiger partial charge on any atom is -0.497 e. The molecule has 2 amide bonds. The van der Waals surface area contributed by atoms with E-state index in [9.17, 15) is 9.59 Å². The molecule has 152 valence electrons. The predicted octanol–water partition coefficient (Wildman–Crippen LogP) is 4.49. The van der Waals surface area contributed by atoms with Crippen LogP contribution >= 0.6 is 0 Å². The maximum absolute atomic E-state index is 13.4. The molecule has 29 heavy (non-hydrogen) atoms. The normalized spacial score (nSPS) is 14.0. The van der Waals surface area contributed by atoms with Crippen LogP contribution in [0.15, 0.2) is 60.3 Å². The maximum Gasteiger partial charge on any atom is 0.278 e. The summed E-state index contributed by atoms with van der Waals surface area (Å²) in [5, 5.41) is 0. The fourth-order valence-electron chi connectivity index (χ4n) is 3.63. The van der Waals surface area contributed by atoms with Crippen LogP contribution < -0.4 is 9.64 Å². The summed E-state index contributed by atoms with van der Waals surface area (Å²) in [6, 6.07) is 17.0. The van der Waals surface area contributed by atoms with Crippen LogP contribution in [0.5, 0.6) is 5.75 Å². The highest BCUT2D eigenvalue weighted by atomic mass is 16.5. The number of hydrogen-bond donors (Lipinski definition) is 0. The molecule has 3 rings (SSSR count). The Morgan fingerprint density at radius 3 is 2.17 bits per heavy atom. The quantitative estimate of drug-likeness (QED) is 0.466. The number of ether oxygens (including phenoxy) is 1. The average Bonchev–Trinajstić information content (AvgIpc) is 3.00. The van der Waals surface area contributed by atoms with E-state index in [0.29, 0.717) is 30.1 Å². The number of carbonyl (C=O) groups is 2. The van der Waals surface area contributed by atoms with E-state index in [1.165, 1.54) is 4.90 Å². The Labute approximate surface area is 172 Å². The van der Waals surface area contributed by atoms with Crippen molar-refractivity contribution in [3.05, 3.63) is 65.9 Å². The van der Waals surface area contributed by atoms with Gasteiger partial charge in [0.25, 0.3) is 11.8 Å². The molecule has 0 saturated heterocycles. The fraction of sp³-hybridized carbons (Fsp3) is 0.333. The number of methoxy groups -OCH3 is 1. The highest BCUT2D eigenvalue weighted by Gasteiger charge is 2.41. The fourth-order valence-corrected chi connectivity index (χ4v) is 3.63. The maximum atomic E-state index is 13.4. The van der Waals surface area contributed by atoms with Crippen molar-refractivity contribution in [2.75, 3.05) is 25.1 Å². The largest absolute Gasteiger partial charge is 0.497 e. The molecule has 2 aromatic carbocycles. The molecule has 0 spiro atoms. The van der Waals surface area contributed by atoms with E-state index >= 15 is 0 Å². The molecule has 0 fully saturated rings. The van der Waals surface area contributed by atoms with Gasteiger partial charge in [-0.05, 0) is 43.2 Å². The third-order valence-corrected chi connectivity index (χ3v) is 5.16. The summed E-state index contributed by atoms with van der Waals surface area (Å²) in [5.74, 6) is 0.270. The smallest absolute Gasteiger partial charge is 0.278 e. The number of para-hydroxylation sites is 1. The Morgan fingerprint density at radius 2 is 1.59 bits per heavy atom. The van der Waals surface area contributed by atoms with Crippen molar-refractivity contribution in [3.8, 4) is 5.75 Å². The van der Waals surface area contributed by atoms with Crippen molar-refractivity contribution in [1.29, 1.82) is 0 Å². The summed E-state index contributed by atoms with van der Waals surface area (Å²) in [6.45, 7) is 5.12. The van der Waals surface area contributed by atoms with Gasteiger partial charge in [-0.15, -0.1) is 0 Å². The summed E-state index contributed by atoms with van der Waals surface area (Å²) in [5.41, 5.74) is 2.53. The third kappa shape index (κ3) is 4.19. The lowest BCUT2D eigenvalue weighted by atomic mass is 10.0. The molecule has 0 bridgehead atoms. The van der Waals surface area contributed by atoms with Crippen molar-refractivity contribution in [2.24, 2.45) is 0 Å². The van der Waals surface area contributed by atoms with Crippen LogP contribution in [0.25, 0.3) is 5.57 Å². The van der Waals surface area contributed by atoms with Gasteiger partial charge in [-0.25, -0.2) is 0 Å². The highest BCUT2D eigenvalue weighted by molar-refractivity contribution is 6.36. The lowest BCUT2D eigenvalue weighted by Gasteiger charge is -2.25. The second kappa shape index (κ2) is 9.41. The summed E-state index contributed by atoms with van der Waals surface area (Å²) in [7, 11) is 1.60. The summed E-state index contributed by atoms with van der Waals surface area (Å²) in [6.07, 6.45) is 2.84. The van der Waals surface area contributed by atoms with E-state index in [1.807, 2.05) is 66.4 Å².